The maximum atomic E-state index is 13.4. The molecular weight excluding hydrogens is 418 g/mol. The number of carbonyl (C=O) groups is 2. The number of rotatable bonds is 7. The first-order valence-corrected chi connectivity index (χ1v) is 11.9. The SMILES string of the molecule is CCCC(=O)N(C)C1(NS(=O)(=O)c2ccc3ccccc3c2)C(O)CCN1C(=O)CC. The summed E-state index contributed by atoms with van der Waals surface area (Å²) in [7, 11) is -2.77. The molecule has 1 aliphatic rings. The molecular formula is C22H29N3O5S. The predicted molar refractivity (Wildman–Crippen MR) is 117 cm³/mol. The number of likely N-dealkylation sites (tertiary alicyclic amines) is 1. The molecule has 0 bridgehead atoms. The van der Waals surface area contributed by atoms with Gasteiger partial charge in [0.15, 0.2) is 0 Å². The number of hydrogen-bond acceptors (Lipinski definition) is 5. The number of benzene rings is 2. The van der Waals surface area contributed by atoms with Crippen molar-refractivity contribution < 1.29 is 23.1 Å². The van der Waals surface area contributed by atoms with Gasteiger partial charge in [0.2, 0.25) is 27.6 Å². The molecule has 0 radical (unpaired) electrons. The molecule has 0 saturated carbocycles. The van der Waals surface area contributed by atoms with E-state index in [2.05, 4.69) is 4.72 Å². The topological polar surface area (TPSA) is 107 Å². The Labute approximate surface area is 182 Å². The monoisotopic (exact) mass is 447 g/mol. The molecule has 2 aromatic carbocycles. The third-order valence-electron chi connectivity index (χ3n) is 5.77. The highest BCUT2D eigenvalue weighted by Crippen LogP contribution is 2.33. The Morgan fingerprint density at radius 1 is 1.19 bits per heavy atom. The van der Waals surface area contributed by atoms with E-state index in [-0.39, 0.29) is 42.5 Å². The first-order valence-electron chi connectivity index (χ1n) is 10.4. The van der Waals surface area contributed by atoms with Crippen molar-refractivity contribution in [3.8, 4) is 0 Å². The van der Waals surface area contributed by atoms with E-state index >= 15 is 0 Å². The summed E-state index contributed by atoms with van der Waals surface area (Å²) < 4.78 is 29.4. The van der Waals surface area contributed by atoms with E-state index in [9.17, 15) is 23.1 Å². The molecule has 3 rings (SSSR count). The molecule has 2 unspecified atom stereocenters. The highest BCUT2D eigenvalue weighted by molar-refractivity contribution is 7.89. The molecule has 1 saturated heterocycles. The van der Waals surface area contributed by atoms with E-state index in [1.807, 2.05) is 25.1 Å². The zero-order valence-corrected chi connectivity index (χ0v) is 18.9. The summed E-state index contributed by atoms with van der Waals surface area (Å²) in [4.78, 5) is 27.9. The lowest BCUT2D eigenvalue weighted by Crippen LogP contribution is -2.73. The minimum absolute atomic E-state index is 0.00934. The van der Waals surface area contributed by atoms with Crippen molar-refractivity contribution in [3.05, 3.63) is 42.5 Å². The lowest BCUT2D eigenvalue weighted by Gasteiger charge is -2.46. The van der Waals surface area contributed by atoms with Crippen molar-refractivity contribution in [1.82, 2.24) is 14.5 Å². The fraction of sp³-hybridized carbons (Fsp3) is 0.455. The first kappa shape index (κ1) is 23.2. The van der Waals surface area contributed by atoms with Gasteiger partial charge in [0.05, 0.1) is 4.90 Å². The summed E-state index contributed by atoms with van der Waals surface area (Å²) in [6.45, 7) is 3.62. The van der Waals surface area contributed by atoms with Crippen LogP contribution in [0.1, 0.15) is 39.5 Å². The fourth-order valence-electron chi connectivity index (χ4n) is 4.07. The average Bonchev–Trinajstić information content (AvgIpc) is 3.08. The van der Waals surface area contributed by atoms with Crippen molar-refractivity contribution in [2.75, 3.05) is 13.6 Å². The summed E-state index contributed by atoms with van der Waals surface area (Å²) in [5.41, 5.74) is 0. The van der Waals surface area contributed by atoms with Gasteiger partial charge in [0, 0.05) is 26.4 Å². The largest absolute Gasteiger partial charge is 0.387 e. The van der Waals surface area contributed by atoms with Gasteiger partial charge in [-0.2, -0.15) is 4.72 Å². The number of fused-ring (bicyclic) bond motifs is 1. The molecule has 168 valence electrons. The first-order chi connectivity index (χ1) is 14.7. The van der Waals surface area contributed by atoms with Crippen LogP contribution in [0.25, 0.3) is 10.8 Å². The standard InChI is InChI=1S/C22H29N3O5S/c1-4-8-21(28)24(3)22(19(26)13-14-25(22)20(27)5-2)23-31(29,30)18-12-11-16-9-6-7-10-17(16)15-18/h6-7,9-12,15,19,23,26H,4-5,8,13-14H2,1-3H3. The van der Waals surface area contributed by atoms with Gasteiger partial charge in [0.25, 0.3) is 0 Å². The van der Waals surface area contributed by atoms with E-state index in [4.69, 9.17) is 0 Å². The minimum atomic E-state index is -4.19. The molecule has 9 heteroatoms. The summed E-state index contributed by atoms with van der Waals surface area (Å²) in [6, 6.07) is 12.1. The molecule has 0 spiro atoms. The molecule has 31 heavy (non-hydrogen) atoms. The van der Waals surface area contributed by atoms with Gasteiger partial charge >= 0.3 is 0 Å². The van der Waals surface area contributed by atoms with Crippen molar-refractivity contribution in [2.45, 2.75) is 56.3 Å². The van der Waals surface area contributed by atoms with E-state index < -0.39 is 21.9 Å². The van der Waals surface area contributed by atoms with Gasteiger partial charge in [0.1, 0.15) is 6.10 Å². The minimum Gasteiger partial charge on any atom is -0.387 e. The van der Waals surface area contributed by atoms with Gasteiger partial charge in [-0.15, -0.1) is 0 Å². The van der Waals surface area contributed by atoms with Crippen LogP contribution in [-0.2, 0) is 19.6 Å². The van der Waals surface area contributed by atoms with Crippen LogP contribution in [0.5, 0.6) is 0 Å². The number of hydrogen-bond donors (Lipinski definition) is 2. The lowest BCUT2D eigenvalue weighted by molar-refractivity contribution is -0.163. The Kier molecular flexibility index (Phi) is 6.68. The second-order valence-electron chi connectivity index (χ2n) is 7.75. The molecule has 0 aliphatic carbocycles. The highest BCUT2D eigenvalue weighted by Gasteiger charge is 2.56. The van der Waals surface area contributed by atoms with Gasteiger partial charge < -0.3 is 14.9 Å². The molecule has 0 aromatic heterocycles. The zero-order chi connectivity index (χ0) is 22.8. The van der Waals surface area contributed by atoms with Crippen LogP contribution in [0.3, 0.4) is 0 Å². The van der Waals surface area contributed by atoms with Gasteiger partial charge in [-0.25, -0.2) is 8.42 Å². The number of nitrogens with one attached hydrogen (secondary N) is 1. The number of amides is 2. The van der Waals surface area contributed by atoms with Crippen molar-refractivity contribution in [3.63, 3.8) is 0 Å². The van der Waals surface area contributed by atoms with Gasteiger partial charge in [-0.05, 0) is 35.7 Å². The molecule has 2 N–H and O–H groups in total. The van der Waals surface area contributed by atoms with E-state index in [1.54, 1.807) is 19.1 Å². The van der Waals surface area contributed by atoms with E-state index in [0.29, 0.717) is 6.42 Å². The third-order valence-corrected chi connectivity index (χ3v) is 7.21. The van der Waals surface area contributed by atoms with Crippen LogP contribution < -0.4 is 4.72 Å². The molecule has 1 fully saturated rings. The van der Waals surface area contributed by atoms with E-state index in [1.165, 1.54) is 29.0 Å². The van der Waals surface area contributed by atoms with Gasteiger partial charge in [-0.3, -0.25) is 9.59 Å². The van der Waals surface area contributed by atoms with Crippen LogP contribution in [0.15, 0.2) is 47.4 Å². The number of aliphatic hydroxyl groups is 1. The molecule has 1 aliphatic heterocycles. The third kappa shape index (κ3) is 4.17. The van der Waals surface area contributed by atoms with Crippen molar-refractivity contribution in [2.24, 2.45) is 0 Å². The predicted octanol–water partition coefficient (Wildman–Crippen LogP) is 2.03. The van der Waals surface area contributed by atoms with Crippen LogP contribution >= 0.6 is 0 Å². The molecule has 2 aromatic rings. The summed E-state index contributed by atoms with van der Waals surface area (Å²) in [5, 5.41) is 12.5. The molecule has 1 heterocycles. The molecule has 2 amide bonds. The van der Waals surface area contributed by atoms with Crippen molar-refractivity contribution in [1.29, 1.82) is 0 Å². The number of carbonyl (C=O) groups excluding carboxylic acids is 2. The van der Waals surface area contributed by atoms with Crippen LogP contribution in [0.2, 0.25) is 0 Å². The Bertz CT molecular complexity index is 1090. The normalized spacial score (nSPS) is 21.4. The second-order valence-corrected chi connectivity index (χ2v) is 9.43. The number of likely N-dealkylation sites (N-methyl/N-ethyl adjacent to an activating group) is 1. The summed E-state index contributed by atoms with van der Waals surface area (Å²) in [6.07, 6.45) is -0.299. The molecule has 8 nitrogen and oxygen atoms in total. The maximum Gasteiger partial charge on any atom is 0.244 e. The van der Waals surface area contributed by atoms with Gasteiger partial charge in [-0.1, -0.05) is 44.2 Å². The Balaban J connectivity index is 2.10. The number of nitrogens with zero attached hydrogens (tertiary/aromatic N) is 2. The Morgan fingerprint density at radius 3 is 2.52 bits per heavy atom. The summed E-state index contributed by atoms with van der Waals surface area (Å²) in [5.74, 6) is -2.60. The highest BCUT2D eigenvalue weighted by atomic mass is 32.2. The number of sulfonamides is 1. The average molecular weight is 448 g/mol. The fourth-order valence-corrected chi connectivity index (χ4v) is 5.49. The Hall–Kier alpha value is -2.49. The second kappa shape index (κ2) is 8.94. The maximum absolute atomic E-state index is 13.4. The quantitative estimate of drug-likeness (QED) is 0.632. The smallest absolute Gasteiger partial charge is 0.244 e. The lowest BCUT2D eigenvalue weighted by atomic mass is 10.1. The van der Waals surface area contributed by atoms with Crippen LogP contribution in [-0.4, -0.2) is 60.6 Å². The Morgan fingerprint density at radius 2 is 1.87 bits per heavy atom. The number of aliphatic hydroxyl groups excluding tert-OH is 1. The summed E-state index contributed by atoms with van der Waals surface area (Å²) >= 11 is 0. The van der Waals surface area contributed by atoms with Crippen LogP contribution in [0, 0.1) is 0 Å². The van der Waals surface area contributed by atoms with Crippen LogP contribution in [0.4, 0.5) is 0 Å². The van der Waals surface area contributed by atoms with Crippen molar-refractivity contribution >= 4 is 32.6 Å². The zero-order valence-electron chi connectivity index (χ0n) is 18.0. The molecule has 2 atom stereocenters. The van der Waals surface area contributed by atoms with E-state index in [0.717, 1.165) is 10.8 Å².